The number of carbonyl (C=O) groups excluding carboxylic acids is 2. The number of hydrogen-bond donors (Lipinski definition) is 0. The van der Waals surface area contributed by atoms with E-state index in [9.17, 15) is 9.59 Å². The first-order valence-electron chi connectivity index (χ1n) is 6.12. The van der Waals surface area contributed by atoms with Crippen LogP contribution in [0.2, 0.25) is 19.6 Å². The molecule has 0 bridgehead atoms. The maximum Gasteiger partial charge on any atom is 0.293 e. The van der Waals surface area contributed by atoms with Crippen molar-refractivity contribution in [3.63, 3.8) is 0 Å². The summed E-state index contributed by atoms with van der Waals surface area (Å²) < 4.78 is 5.46. The van der Waals surface area contributed by atoms with E-state index < -0.39 is 8.32 Å². The van der Waals surface area contributed by atoms with Crippen LogP contribution in [-0.4, -0.2) is 26.9 Å². The molecule has 0 atom stereocenters. The van der Waals surface area contributed by atoms with E-state index in [1.54, 1.807) is 6.08 Å². The predicted molar refractivity (Wildman–Crippen MR) is 67.9 cm³/mol. The minimum Gasteiger partial charge on any atom is -0.520 e. The molecular weight excluding hydrogens is 234 g/mol. The Kier molecular flexibility index (Phi) is 4.66. The monoisotopic (exact) mass is 255 g/mol. The molecule has 96 valence electrons. The second-order valence-corrected chi connectivity index (χ2v) is 10.3. The minimum atomic E-state index is -1.81. The Bertz CT molecular complexity index is 323. The third-order valence-electron chi connectivity index (χ3n) is 3.08. The van der Waals surface area contributed by atoms with Gasteiger partial charge in [0.2, 0.25) is 14.4 Å². The van der Waals surface area contributed by atoms with Gasteiger partial charge >= 0.3 is 0 Å². The molecule has 1 aliphatic rings. The molecule has 0 aromatic carbocycles. The lowest BCUT2D eigenvalue weighted by atomic mass is 9.83. The van der Waals surface area contributed by atoms with Gasteiger partial charge in [-0.3, -0.25) is 4.79 Å². The molecule has 0 aromatic heterocycles. The summed E-state index contributed by atoms with van der Waals surface area (Å²) in [4.78, 5) is 25.7. The molecule has 0 saturated heterocycles. The maximum absolute atomic E-state index is 11.9. The van der Waals surface area contributed by atoms with Crippen LogP contribution in [0.1, 0.15) is 32.1 Å². The molecule has 0 spiro atoms. The lowest BCUT2D eigenvalue weighted by Crippen LogP contribution is -2.33. The lowest BCUT2D eigenvalue weighted by molar-refractivity contribution is -0.137. The van der Waals surface area contributed by atoms with Gasteiger partial charge in [-0.15, -0.1) is 0 Å². The van der Waals surface area contributed by atoms with Crippen LogP contribution in [0.4, 0.5) is 0 Å². The molecule has 0 radical (unpaired) electrons. The van der Waals surface area contributed by atoms with Gasteiger partial charge in [-0.25, -0.2) is 9.79 Å². The zero-order valence-corrected chi connectivity index (χ0v) is 11.9. The van der Waals surface area contributed by atoms with Crippen LogP contribution in [0.5, 0.6) is 0 Å². The van der Waals surface area contributed by atoms with E-state index in [0.717, 1.165) is 25.7 Å². The number of nitrogens with zero attached hydrogens (tertiary/aromatic N) is 1. The van der Waals surface area contributed by atoms with Crippen molar-refractivity contribution < 1.29 is 14.0 Å². The Hall–Kier alpha value is -0.933. The minimum absolute atomic E-state index is 0.132. The van der Waals surface area contributed by atoms with E-state index in [4.69, 9.17) is 4.43 Å². The van der Waals surface area contributed by atoms with Crippen LogP contribution in [0, 0.1) is 5.41 Å². The van der Waals surface area contributed by atoms with Crippen LogP contribution in [0.25, 0.3) is 0 Å². The highest BCUT2D eigenvalue weighted by molar-refractivity contribution is 6.71. The first-order valence-corrected chi connectivity index (χ1v) is 9.53. The smallest absolute Gasteiger partial charge is 0.293 e. The Morgan fingerprint density at radius 2 is 1.94 bits per heavy atom. The second kappa shape index (κ2) is 5.60. The Morgan fingerprint density at radius 3 is 2.41 bits per heavy atom. The second-order valence-electron chi connectivity index (χ2n) is 5.88. The molecule has 17 heavy (non-hydrogen) atoms. The molecule has 5 heteroatoms. The third kappa shape index (κ3) is 4.83. The zero-order valence-electron chi connectivity index (χ0n) is 10.9. The molecule has 1 saturated carbocycles. The van der Waals surface area contributed by atoms with Crippen LogP contribution in [0.15, 0.2) is 4.99 Å². The number of hydrogen-bond acceptors (Lipinski definition) is 4. The Morgan fingerprint density at radius 1 is 1.35 bits per heavy atom. The van der Waals surface area contributed by atoms with Gasteiger partial charge in [0, 0.05) is 5.41 Å². The standard InChI is InChI=1S/C12H21NO3Si/c1-17(2,3)16-11(15)8-12(9-13-10-14)6-4-5-7-12/h4-9H2,1-3H3. The van der Waals surface area contributed by atoms with Crippen LogP contribution < -0.4 is 0 Å². The fourth-order valence-electron chi connectivity index (χ4n) is 2.40. The van der Waals surface area contributed by atoms with Gasteiger partial charge in [-0.05, 0) is 32.5 Å². The molecule has 0 amide bonds. The maximum atomic E-state index is 11.9. The molecule has 0 heterocycles. The highest BCUT2D eigenvalue weighted by Crippen LogP contribution is 2.41. The predicted octanol–water partition coefficient (Wildman–Crippen LogP) is 2.65. The van der Waals surface area contributed by atoms with Gasteiger partial charge in [-0.1, -0.05) is 12.8 Å². The average molecular weight is 255 g/mol. The summed E-state index contributed by atoms with van der Waals surface area (Å²) >= 11 is 0. The highest BCUT2D eigenvalue weighted by atomic mass is 28.4. The Labute approximate surface area is 104 Å². The summed E-state index contributed by atoms with van der Waals surface area (Å²) in [6.07, 6.45) is 6.09. The largest absolute Gasteiger partial charge is 0.520 e. The summed E-state index contributed by atoms with van der Waals surface area (Å²) in [5.74, 6) is -0.132. The summed E-state index contributed by atoms with van der Waals surface area (Å²) in [6.45, 7) is 6.40. The van der Waals surface area contributed by atoms with E-state index in [1.807, 2.05) is 19.6 Å². The van der Waals surface area contributed by atoms with Crippen molar-refractivity contribution in [2.45, 2.75) is 51.7 Å². The molecular formula is C12H21NO3Si. The van der Waals surface area contributed by atoms with Crippen molar-refractivity contribution in [1.29, 1.82) is 0 Å². The molecule has 4 nitrogen and oxygen atoms in total. The third-order valence-corrected chi connectivity index (χ3v) is 3.92. The summed E-state index contributed by atoms with van der Waals surface area (Å²) in [5.41, 5.74) is -0.145. The number of aliphatic imine (C=N–C) groups is 1. The highest BCUT2D eigenvalue weighted by Gasteiger charge is 2.37. The fraction of sp³-hybridized carbons (Fsp3) is 0.833. The SMILES string of the molecule is C[Si](C)(C)OC(=O)CC1(CN=C=O)CCCC1. The first-order chi connectivity index (χ1) is 7.87. The van der Waals surface area contributed by atoms with E-state index in [-0.39, 0.29) is 11.4 Å². The Balaban J connectivity index is 2.61. The van der Waals surface area contributed by atoms with Gasteiger partial charge < -0.3 is 4.43 Å². The summed E-state index contributed by atoms with van der Waals surface area (Å²) in [7, 11) is -1.81. The van der Waals surface area contributed by atoms with Crippen LogP contribution in [-0.2, 0) is 14.0 Å². The fourth-order valence-corrected chi connectivity index (χ4v) is 3.15. The first kappa shape index (κ1) is 14.1. The van der Waals surface area contributed by atoms with E-state index in [0.29, 0.717) is 13.0 Å². The van der Waals surface area contributed by atoms with Gasteiger partial charge in [0.15, 0.2) is 0 Å². The summed E-state index contributed by atoms with van der Waals surface area (Å²) in [6, 6.07) is 0. The average Bonchev–Trinajstić information content (AvgIpc) is 2.60. The molecule has 0 unspecified atom stereocenters. The van der Waals surface area contributed by atoms with Crippen molar-refractivity contribution >= 4 is 20.4 Å². The molecule has 0 aromatic rings. The van der Waals surface area contributed by atoms with Gasteiger partial charge in [0.1, 0.15) is 0 Å². The van der Waals surface area contributed by atoms with Gasteiger partial charge in [-0.2, -0.15) is 0 Å². The van der Waals surface area contributed by atoms with Crippen molar-refractivity contribution in [1.82, 2.24) is 0 Å². The van der Waals surface area contributed by atoms with Crippen molar-refractivity contribution in [3.05, 3.63) is 0 Å². The molecule has 1 fully saturated rings. The molecule has 1 rings (SSSR count). The van der Waals surface area contributed by atoms with E-state index in [1.165, 1.54) is 0 Å². The number of carbonyl (C=O) groups is 1. The topological polar surface area (TPSA) is 55.7 Å². The number of rotatable bonds is 5. The van der Waals surface area contributed by atoms with E-state index >= 15 is 0 Å². The molecule has 1 aliphatic carbocycles. The van der Waals surface area contributed by atoms with Crippen LogP contribution >= 0.6 is 0 Å². The van der Waals surface area contributed by atoms with Gasteiger partial charge in [0.25, 0.3) is 5.97 Å². The normalized spacial score (nSPS) is 18.5. The quantitative estimate of drug-likeness (QED) is 0.431. The van der Waals surface area contributed by atoms with Crippen molar-refractivity contribution in [2.75, 3.05) is 6.54 Å². The molecule has 0 N–H and O–H groups in total. The van der Waals surface area contributed by atoms with Crippen molar-refractivity contribution in [2.24, 2.45) is 10.4 Å². The zero-order chi connectivity index (χ0) is 12.9. The van der Waals surface area contributed by atoms with Crippen molar-refractivity contribution in [3.8, 4) is 0 Å². The van der Waals surface area contributed by atoms with Gasteiger partial charge in [0.05, 0.1) is 13.0 Å². The summed E-state index contributed by atoms with van der Waals surface area (Å²) in [5, 5.41) is 0. The van der Waals surface area contributed by atoms with E-state index in [2.05, 4.69) is 4.99 Å². The number of isocyanates is 1. The molecule has 0 aliphatic heterocycles. The lowest BCUT2D eigenvalue weighted by Gasteiger charge is -2.27. The van der Waals surface area contributed by atoms with Crippen LogP contribution in [0.3, 0.4) is 0 Å².